The fourth-order valence-corrected chi connectivity index (χ4v) is 1.99. The Labute approximate surface area is 105 Å². The van der Waals surface area contributed by atoms with Crippen LogP contribution in [0, 0.1) is 18.3 Å². The number of nitriles is 1. The zero-order chi connectivity index (χ0) is 13.1. The summed E-state index contributed by atoms with van der Waals surface area (Å²) in [6, 6.07) is 2.07. The summed E-state index contributed by atoms with van der Waals surface area (Å²) in [6.07, 6.45) is 0. The first-order valence-corrected chi connectivity index (χ1v) is 6.02. The third-order valence-electron chi connectivity index (χ3n) is 1.90. The van der Waals surface area contributed by atoms with Crippen molar-refractivity contribution in [3.63, 3.8) is 0 Å². The topological polar surface area (TPSA) is 77.8 Å². The van der Waals surface area contributed by atoms with E-state index in [1.807, 2.05) is 20.8 Å². The minimum absolute atomic E-state index is 0.104. The third kappa shape index (κ3) is 4.04. The summed E-state index contributed by atoms with van der Waals surface area (Å²) in [5.41, 5.74) is 0.954. The molecule has 1 aromatic heterocycles. The summed E-state index contributed by atoms with van der Waals surface area (Å²) in [4.78, 5) is 11.6. The van der Waals surface area contributed by atoms with Gasteiger partial charge in [-0.05, 0) is 39.2 Å². The standard InChI is InChI=1S/C11H16N4OS/c1-7-8(5-12)10(17-15-7)13-6-9(16)14-11(2,3)4/h13H,6H2,1-4H3,(H,14,16). The van der Waals surface area contributed by atoms with Crippen LogP contribution in [0.1, 0.15) is 32.0 Å². The van der Waals surface area contributed by atoms with E-state index >= 15 is 0 Å². The van der Waals surface area contributed by atoms with Crippen LogP contribution in [0.4, 0.5) is 5.00 Å². The Balaban J connectivity index is 2.57. The molecule has 0 atom stereocenters. The van der Waals surface area contributed by atoms with Crippen molar-refractivity contribution in [1.82, 2.24) is 9.69 Å². The average molecular weight is 252 g/mol. The number of carbonyl (C=O) groups excluding carboxylic acids is 1. The van der Waals surface area contributed by atoms with Gasteiger partial charge in [0.15, 0.2) is 0 Å². The molecule has 1 aromatic rings. The van der Waals surface area contributed by atoms with Crippen molar-refractivity contribution in [2.24, 2.45) is 0 Å². The van der Waals surface area contributed by atoms with Crippen LogP contribution in [0.15, 0.2) is 0 Å². The van der Waals surface area contributed by atoms with E-state index < -0.39 is 0 Å². The van der Waals surface area contributed by atoms with Crippen molar-refractivity contribution in [3.05, 3.63) is 11.3 Å². The van der Waals surface area contributed by atoms with Crippen LogP contribution in [-0.4, -0.2) is 22.4 Å². The van der Waals surface area contributed by atoms with Gasteiger partial charge in [0, 0.05) is 5.54 Å². The Morgan fingerprint density at radius 1 is 1.53 bits per heavy atom. The quantitative estimate of drug-likeness (QED) is 0.857. The molecule has 0 radical (unpaired) electrons. The second-order valence-corrected chi connectivity index (χ2v) is 5.51. The van der Waals surface area contributed by atoms with Crippen LogP contribution in [0.2, 0.25) is 0 Å². The van der Waals surface area contributed by atoms with E-state index in [0.717, 1.165) is 0 Å². The van der Waals surface area contributed by atoms with Gasteiger partial charge in [-0.2, -0.15) is 9.64 Å². The van der Waals surface area contributed by atoms with Crippen LogP contribution in [-0.2, 0) is 4.79 Å². The van der Waals surface area contributed by atoms with Crippen LogP contribution in [0.25, 0.3) is 0 Å². The largest absolute Gasteiger partial charge is 0.366 e. The number of nitrogens with one attached hydrogen (secondary N) is 2. The van der Waals surface area contributed by atoms with E-state index in [9.17, 15) is 4.79 Å². The predicted octanol–water partition coefficient (Wildman–Crippen LogP) is 1.65. The van der Waals surface area contributed by atoms with Gasteiger partial charge in [-0.25, -0.2) is 0 Å². The summed E-state index contributed by atoms with van der Waals surface area (Å²) < 4.78 is 4.06. The van der Waals surface area contributed by atoms with E-state index in [0.29, 0.717) is 16.3 Å². The molecule has 0 aliphatic rings. The summed E-state index contributed by atoms with van der Waals surface area (Å²) in [7, 11) is 0. The molecule has 0 fully saturated rings. The summed E-state index contributed by atoms with van der Waals surface area (Å²) >= 11 is 1.20. The maximum Gasteiger partial charge on any atom is 0.239 e. The molecule has 0 aliphatic carbocycles. The van der Waals surface area contributed by atoms with E-state index in [2.05, 4.69) is 21.1 Å². The number of hydrogen-bond acceptors (Lipinski definition) is 5. The van der Waals surface area contributed by atoms with Gasteiger partial charge in [0.2, 0.25) is 5.91 Å². The highest BCUT2D eigenvalue weighted by molar-refractivity contribution is 7.10. The van der Waals surface area contributed by atoms with Gasteiger partial charge >= 0.3 is 0 Å². The number of nitrogens with zero attached hydrogens (tertiary/aromatic N) is 2. The molecular formula is C11H16N4OS. The van der Waals surface area contributed by atoms with Crippen molar-refractivity contribution in [3.8, 4) is 6.07 Å². The van der Waals surface area contributed by atoms with Gasteiger partial charge in [0.25, 0.3) is 0 Å². The highest BCUT2D eigenvalue weighted by atomic mass is 32.1. The first kappa shape index (κ1) is 13.5. The van der Waals surface area contributed by atoms with Crippen LogP contribution in [0.3, 0.4) is 0 Å². The molecule has 17 heavy (non-hydrogen) atoms. The number of rotatable bonds is 3. The number of anilines is 1. The first-order valence-electron chi connectivity index (χ1n) is 5.25. The Hall–Kier alpha value is -1.61. The molecule has 0 spiro atoms. The third-order valence-corrected chi connectivity index (χ3v) is 2.79. The van der Waals surface area contributed by atoms with Gasteiger partial charge in [-0.3, -0.25) is 4.79 Å². The maximum absolute atomic E-state index is 11.6. The molecule has 92 valence electrons. The molecule has 1 heterocycles. The SMILES string of the molecule is Cc1nsc(NCC(=O)NC(C)(C)C)c1C#N. The van der Waals surface area contributed by atoms with Crippen LogP contribution >= 0.6 is 11.5 Å². The number of amides is 1. The van der Waals surface area contributed by atoms with E-state index in [1.54, 1.807) is 6.92 Å². The lowest BCUT2D eigenvalue weighted by Crippen LogP contribution is -2.43. The normalized spacial score (nSPS) is 10.8. The van der Waals surface area contributed by atoms with Gasteiger partial charge < -0.3 is 10.6 Å². The van der Waals surface area contributed by atoms with Crippen LogP contribution < -0.4 is 10.6 Å². The summed E-state index contributed by atoms with van der Waals surface area (Å²) in [5.74, 6) is -0.104. The van der Waals surface area contributed by atoms with Crippen molar-refractivity contribution in [2.45, 2.75) is 33.2 Å². The zero-order valence-corrected chi connectivity index (χ0v) is 11.2. The van der Waals surface area contributed by atoms with Crippen molar-refractivity contribution < 1.29 is 4.79 Å². The molecular weight excluding hydrogens is 236 g/mol. The molecule has 0 bridgehead atoms. The lowest BCUT2D eigenvalue weighted by Gasteiger charge is -2.20. The van der Waals surface area contributed by atoms with E-state index in [1.165, 1.54) is 11.5 Å². The van der Waals surface area contributed by atoms with Crippen molar-refractivity contribution >= 4 is 22.4 Å². The lowest BCUT2D eigenvalue weighted by atomic mass is 10.1. The Bertz CT molecular complexity index is 453. The fourth-order valence-electron chi connectivity index (χ4n) is 1.25. The van der Waals surface area contributed by atoms with Crippen molar-refractivity contribution in [1.29, 1.82) is 5.26 Å². The number of aryl methyl sites for hydroxylation is 1. The van der Waals surface area contributed by atoms with Gasteiger partial charge in [0.1, 0.15) is 16.6 Å². The Morgan fingerprint density at radius 2 is 2.18 bits per heavy atom. The summed E-state index contributed by atoms with van der Waals surface area (Å²) in [5, 5.41) is 15.3. The molecule has 0 aliphatic heterocycles. The predicted molar refractivity (Wildman–Crippen MR) is 68.0 cm³/mol. The second-order valence-electron chi connectivity index (χ2n) is 4.74. The van der Waals surface area contributed by atoms with Gasteiger partial charge in [-0.1, -0.05) is 0 Å². The zero-order valence-electron chi connectivity index (χ0n) is 10.4. The highest BCUT2D eigenvalue weighted by Crippen LogP contribution is 2.22. The van der Waals surface area contributed by atoms with Crippen LogP contribution in [0.5, 0.6) is 0 Å². The molecule has 2 N–H and O–H groups in total. The van der Waals surface area contributed by atoms with Gasteiger partial charge in [-0.15, -0.1) is 0 Å². The minimum Gasteiger partial charge on any atom is -0.366 e. The monoisotopic (exact) mass is 252 g/mol. The molecule has 6 heteroatoms. The fraction of sp³-hybridized carbons (Fsp3) is 0.545. The molecule has 0 aromatic carbocycles. The number of aromatic nitrogens is 1. The minimum atomic E-state index is -0.250. The molecule has 1 rings (SSSR count). The molecule has 5 nitrogen and oxygen atoms in total. The summed E-state index contributed by atoms with van der Waals surface area (Å²) in [6.45, 7) is 7.68. The molecule has 0 saturated heterocycles. The maximum atomic E-state index is 11.6. The van der Waals surface area contributed by atoms with Crippen molar-refractivity contribution in [2.75, 3.05) is 11.9 Å². The average Bonchev–Trinajstić information content (AvgIpc) is 2.53. The molecule has 0 unspecified atom stereocenters. The second kappa shape index (κ2) is 5.15. The number of carbonyl (C=O) groups is 1. The van der Waals surface area contributed by atoms with Gasteiger partial charge in [0.05, 0.1) is 12.2 Å². The number of hydrogen-bond donors (Lipinski definition) is 2. The first-order chi connectivity index (χ1) is 7.83. The Morgan fingerprint density at radius 3 is 2.71 bits per heavy atom. The molecule has 1 amide bonds. The van der Waals surface area contributed by atoms with E-state index in [-0.39, 0.29) is 18.0 Å². The molecule has 0 saturated carbocycles. The smallest absolute Gasteiger partial charge is 0.239 e. The lowest BCUT2D eigenvalue weighted by molar-refractivity contribution is -0.120. The highest BCUT2D eigenvalue weighted by Gasteiger charge is 2.15. The van der Waals surface area contributed by atoms with E-state index in [4.69, 9.17) is 5.26 Å². The Kier molecular flexibility index (Phi) is 4.07.